The number of rotatable bonds is 5. The number of aromatic nitrogens is 1. The van der Waals surface area contributed by atoms with E-state index in [4.69, 9.17) is 4.74 Å². The molecule has 0 aliphatic carbocycles. The van der Waals surface area contributed by atoms with E-state index in [1.54, 1.807) is 42.5 Å². The van der Waals surface area contributed by atoms with E-state index in [9.17, 15) is 14.0 Å². The van der Waals surface area contributed by atoms with Gasteiger partial charge in [-0.2, -0.15) is 0 Å². The molecule has 0 fully saturated rings. The first-order chi connectivity index (χ1) is 12.1. The number of benzene rings is 2. The Balaban J connectivity index is 1.78. The van der Waals surface area contributed by atoms with Gasteiger partial charge in [-0.3, -0.25) is 9.36 Å². The number of thioether (sulfide) groups is 1. The molecule has 0 saturated heterocycles. The highest BCUT2D eigenvalue weighted by molar-refractivity contribution is 7.99. The van der Waals surface area contributed by atoms with Crippen LogP contribution in [-0.4, -0.2) is 29.3 Å². The highest BCUT2D eigenvalue weighted by Crippen LogP contribution is 2.23. The molecule has 0 aliphatic heterocycles. The molecule has 0 aliphatic rings. The molecule has 1 aromatic heterocycles. The van der Waals surface area contributed by atoms with E-state index in [1.807, 2.05) is 0 Å². The average Bonchev–Trinajstić information content (AvgIpc) is 3.02. The van der Waals surface area contributed by atoms with Crippen molar-refractivity contribution >= 4 is 34.5 Å². The largest absolute Gasteiger partial charge is 0.465 e. The number of nitrogens with zero attached hydrogens (tertiary/aromatic N) is 1. The van der Waals surface area contributed by atoms with Crippen molar-refractivity contribution in [2.24, 2.45) is 0 Å². The Hall–Kier alpha value is -2.60. The number of hydrogen-bond acceptors (Lipinski definition) is 4. The zero-order valence-corrected chi connectivity index (χ0v) is 14.4. The Kier molecular flexibility index (Phi) is 5.19. The zero-order valence-electron chi connectivity index (χ0n) is 13.6. The molecule has 0 radical (unpaired) electrons. The first-order valence-corrected chi connectivity index (χ1v) is 8.80. The predicted molar refractivity (Wildman–Crippen MR) is 96.5 cm³/mol. The van der Waals surface area contributed by atoms with Crippen molar-refractivity contribution in [1.29, 1.82) is 0 Å². The van der Waals surface area contributed by atoms with Crippen LogP contribution in [0.25, 0.3) is 10.9 Å². The third kappa shape index (κ3) is 3.58. The van der Waals surface area contributed by atoms with E-state index in [-0.39, 0.29) is 17.5 Å². The molecular weight excluding hydrogens is 341 g/mol. The van der Waals surface area contributed by atoms with Crippen LogP contribution in [0, 0.1) is 5.82 Å². The van der Waals surface area contributed by atoms with Gasteiger partial charge in [0.25, 0.3) is 0 Å². The van der Waals surface area contributed by atoms with Gasteiger partial charge < -0.3 is 4.74 Å². The lowest BCUT2D eigenvalue weighted by molar-refractivity contribution is 0.0603. The van der Waals surface area contributed by atoms with Crippen molar-refractivity contribution in [3.63, 3.8) is 0 Å². The molecule has 0 N–H and O–H groups in total. The van der Waals surface area contributed by atoms with E-state index in [2.05, 4.69) is 0 Å². The topological polar surface area (TPSA) is 48.3 Å². The highest BCUT2D eigenvalue weighted by atomic mass is 32.2. The highest BCUT2D eigenvalue weighted by Gasteiger charge is 2.18. The Morgan fingerprint density at radius 3 is 2.60 bits per heavy atom. The molecule has 1 heterocycles. The van der Waals surface area contributed by atoms with Crippen LogP contribution in [0.5, 0.6) is 0 Å². The SMILES string of the molecule is COC(=O)c1cn(C(=O)CSCc2ccccc2F)c2ccccc12. The van der Waals surface area contributed by atoms with Crippen molar-refractivity contribution < 1.29 is 18.7 Å². The minimum Gasteiger partial charge on any atom is -0.465 e. The van der Waals surface area contributed by atoms with E-state index in [0.29, 0.717) is 27.8 Å². The smallest absolute Gasteiger partial charge is 0.340 e. The maximum absolute atomic E-state index is 13.6. The lowest BCUT2D eigenvalue weighted by Crippen LogP contribution is -2.12. The van der Waals surface area contributed by atoms with E-state index >= 15 is 0 Å². The van der Waals surface area contributed by atoms with Crippen LogP contribution in [0.3, 0.4) is 0 Å². The number of methoxy groups -OCH3 is 1. The van der Waals surface area contributed by atoms with Crippen molar-refractivity contribution in [2.75, 3.05) is 12.9 Å². The monoisotopic (exact) mass is 357 g/mol. The molecule has 0 bridgehead atoms. The number of halogens is 1. The summed E-state index contributed by atoms with van der Waals surface area (Å²) in [5, 5.41) is 0.668. The van der Waals surface area contributed by atoms with Gasteiger partial charge in [0.2, 0.25) is 5.91 Å². The lowest BCUT2D eigenvalue weighted by atomic mass is 10.2. The quantitative estimate of drug-likeness (QED) is 0.644. The van der Waals surface area contributed by atoms with Crippen LogP contribution < -0.4 is 0 Å². The van der Waals surface area contributed by atoms with Crippen LogP contribution in [0.1, 0.15) is 20.7 Å². The summed E-state index contributed by atoms with van der Waals surface area (Å²) in [5.74, 6) is -0.356. The zero-order chi connectivity index (χ0) is 17.8. The third-order valence-electron chi connectivity index (χ3n) is 3.83. The molecule has 6 heteroatoms. The van der Waals surface area contributed by atoms with E-state index < -0.39 is 5.97 Å². The van der Waals surface area contributed by atoms with Gasteiger partial charge in [-0.15, -0.1) is 11.8 Å². The molecule has 3 rings (SSSR count). The summed E-state index contributed by atoms with van der Waals surface area (Å²) in [4.78, 5) is 24.5. The summed E-state index contributed by atoms with van der Waals surface area (Å²) in [6, 6.07) is 13.7. The fourth-order valence-corrected chi connectivity index (χ4v) is 3.46. The van der Waals surface area contributed by atoms with Crippen LogP contribution in [0.15, 0.2) is 54.7 Å². The van der Waals surface area contributed by atoms with Gasteiger partial charge in [0.15, 0.2) is 0 Å². The van der Waals surface area contributed by atoms with E-state index in [1.165, 1.54) is 35.7 Å². The molecule has 4 nitrogen and oxygen atoms in total. The maximum Gasteiger partial charge on any atom is 0.340 e. The number of carbonyl (C=O) groups is 2. The molecular formula is C19H16FNO3S. The van der Waals surface area contributed by atoms with Crippen molar-refractivity contribution in [2.45, 2.75) is 5.75 Å². The second-order valence-corrected chi connectivity index (χ2v) is 6.39. The Morgan fingerprint density at radius 1 is 1.12 bits per heavy atom. The fourth-order valence-electron chi connectivity index (χ4n) is 2.59. The van der Waals surface area contributed by atoms with Gasteiger partial charge in [0.1, 0.15) is 5.82 Å². The normalized spacial score (nSPS) is 10.8. The van der Waals surface area contributed by atoms with Crippen LogP contribution in [0.2, 0.25) is 0 Å². The molecule has 0 unspecified atom stereocenters. The van der Waals surface area contributed by atoms with E-state index in [0.717, 1.165) is 0 Å². The summed E-state index contributed by atoms with van der Waals surface area (Å²) >= 11 is 1.33. The minimum absolute atomic E-state index is 0.173. The molecule has 0 saturated carbocycles. The third-order valence-corrected chi connectivity index (χ3v) is 4.79. The molecule has 128 valence electrons. The van der Waals surface area contributed by atoms with Gasteiger partial charge in [0, 0.05) is 17.3 Å². The first kappa shape index (κ1) is 17.2. The van der Waals surface area contributed by atoms with Gasteiger partial charge in [-0.05, 0) is 17.7 Å². The maximum atomic E-state index is 13.6. The second kappa shape index (κ2) is 7.53. The van der Waals surface area contributed by atoms with Crippen LogP contribution in [0.4, 0.5) is 4.39 Å². The van der Waals surface area contributed by atoms with Gasteiger partial charge in [-0.1, -0.05) is 36.4 Å². The van der Waals surface area contributed by atoms with Gasteiger partial charge >= 0.3 is 5.97 Å². The summed E-state index contributed by atoms with van der Waals surface area (Å²) < 4.78 is 19.9. The molecule has 2 aromatic carbocycles. The van der Waals surface area contributed by atoms with Gasteiger partial charge in [0.05, 0.1) is 23.9 Å². The second-order valence-electron chi connectivity index (χ2n) is 5.40. The van der Waals surface area contributed by atoms with Crippen molar-refractivity contribution in [3.05, 3.63) is 71.7 Å². The van der Waals surface area contributed by atoms with Gasteiger partial charge in [-0.25, -0.2) is 9.18 Å². The van der Waals surface area contributed by atoms with Crippen molar-refractivity contribution in [1.82, 2.24) is 4.57 Å². The molecule has 0 spiro atoms. The standard InChI is InChI=1S/C19H16FNO3S/c1-24-19(23)15-10-21(17-9-5-3-7-14(15)17)18(22)12-25-11-13-6-2-4-8-16(13)20/h2-10H,11-12H2,1H3. The minimum atomic E-state index is -0.484. The molecule has 0 atom stereocenters. The summed E-state index contributed by atoms with van der Waals surface area (Å²) in [6.45, 7) is 0. The van der Waals surface area contributed by atoms with Crippen molar-refractivity contribution in [3.8, 4) is 0 Å². The summed E-state index contributed by atoms with van der Waals surface area (Å²) in [5.41, 5.74) is 1.57. The molecule has 3 aromatic rings. The number of carbonyl (C=O) groups excluding carboxylic acids is 2. The number of esters is 1. The number of hydrogen-bond donors (Lipinski definition) is 0. The first-order valence-electron chi connectivity index (χ1n) is 7.64. The van der Waals surface area contributed by atoms with Crippen LogP contribution in [-0.2, 0) is 10.5 Å². The fraction of sp³-hybridized carbons (Fsp3) is 0.158. The Morgan fingerprint density at radius 2 is 1.84 bits per heavy atom. The van der Waals surface area contributed by atoms with Crippen LogP contribution >= 0.6 is 11.8 Å². The predicted octanol–water partition coefficient (Wildman–Crippen LogP) is 4.14. The number of ether oxygens (including phenoxy) is 1. The number of fused-ring (bicyclic) bond motifs is 1. The summed E-state index contributed by atoms with van der Waals surface area (Å²) in [6.07, 6.45) is 1.50. The number of para-hydroxylation sites is 1. The Labute approximate surface area is 148 Å². The molecule has 0 amide bonds. The summed E-state index contributed by atoms with van der Waals surface area (Å²) in [7, 11) is 1.31. The average molecular weight is 357 g/mol. The molecule has 25 heavy (non-hydrogen) atoms. The Bertz CT molecular complexity index is 935. The lowest BCUT2D eigenvalue weighted by Gasteiger charge is -2.05.